The lowest BCUT2D eigenvalue weighted by Gasteiger charge is -2.30. The molecule has 8 nitrogen and oxygen atoms in total. The molecule has 0 fully saturated rings. The van der Waals surface area contributed by atoms with Gasteiger partial charge in [-0.1, -0.05) is 216 Å². The second kappa shape index (κ2) is 21.1. The van der Waals surface area contributed by atoms with Gasteiger partial charge in [-0.2, -0.15) is 9.13 Å². The Bertz CT molecular complexity index is 2630. The minimum Gasteiger partial charge on any atom is -0.386 e. The summed E-state index contributed by atoms with van der Waals surface area (Å²) in [5.74, 6) is 2.68. The number of hydrogen-bond acceptors (Lipinski definition) is 8. The molecule has 0 atom stereocenters. The number of para-hydroxylation sites is 3. The van der Waals surface area contributed by atoms with E-state index in [1.165, 1.54) is 16.7 Å². The fourth-order valence-corrected chi connectivity index (χ4v) is 9.85. The van der Waals surface area contributed by atoms with Crippen LogP contribution in [0.1, 0.15) is 158 Å². The number of benzene rings is 6. The summed E-state index contributed by atoms with van der Waals surface area (Å²) >= 11 is 0. The maximum absolute atomic E-state index is 14.6. The molecule has 6 aromatic carbocycles. The third kappa shape index (κ3) is 15.5. The molecule has 0 saturated heterocycles. The SMILES string of the molecule is CC(C)(C)c1ccc(OP(=O)(Oc2ccccc2)Oc2ccc(C(C)(C)C)cc2C(C)(C)C)c(C(C)(C)C)c1.CC(C)(C)c1ccc(OP(=O)(Oc2ccccc2)Oc2ccccc2)c(C(C)(C)C)c1. The zero-order chi connectivity index (χ0) is 52.1. The van der Waals surface area contributed by atoms with Crippen molar-refractivity contribution in [1.82, 2.24) is 0 Å². The molecule has 0 radical (unpaired) electrons. The molecule has 0 unspecified atom stereocenters. The summed E-state index contributed by atoms with van der Waals surface area (Å²) in [4.78, 5) is 0. The molecule has 0 aromatic heterocycles. The van der Waals surface area contributed by atoms with Crippen molar-refractivity contribution in [2.45, 2.75) is 157 Å². The van der Waals surface area contributed by atoms with E-state index in [0.29, 0.717) is 34.5 Å². The minimum absolute atomic E-state index is 0.0245. The van der Waals surface area contributed by atoms with Gasteiger partial charge in [0.25, 0.3) is 0 Å². The zero-order valence-electron chi connectivity index (χ0n) is 45.0. The molecule has 0 aliphatic rings. The van der Waals surface area contributed by atoms with Gasteiger partial charge < -0.3 is 27.1 Å². The normalized spacial score (nSPS) is 12.8. The Morgan fingerprint density at radius 2 is 0.486 bits per heavy atom. The van der Waals surface area contributed by atoms with E-state index in [2.05, 4.69) is 143 Å². The molecule has 0 spiro atoms. The topological polar surface area (TPSA) is 89.5 Å². The van der Waals surface area contributed by atoms with Gasteiger partial charge in [-0.15, -0.1) is 0 Å². The molecule has 0 N–H and O–H groups in total. The molecular formula is C60H78O8P2. The van der Waals surface area contributed by atoms with E-state index >= 15 is 0 Å². The van der Waals surface area contributed by atoms with Crippen LogP contribution < -0.4 is 27.1 Å². The summed E-state index contributed by atoms with van der Waals surface area (Å²) in [6, 6.07) is 44.9. The fourth-order valence-electron chi connectivity index (χ4n) is 7.29. The van der Waals surface area contributed by atoms with Crippen molar-refractivity contribution in [1.29, 1.82) is 0 Å². The van der Waals surface area contributed by atoms with Crippen molar-refractivity contribution >= 4 is 15.6 Å². The van der Waals surface area contributed by atoms with Crippen LogP contribution in [0.5, 0.6) is 34.5 Å². The van der Waals surface area contributed by atoms with Crippen LogP contribution in [-0.2, 0) is 41.6 Å². The van der Waals surface area contributed by atoms with Crippen molar-refractivity contribution in [3.8, 4) is 34.5 Å². The van der Waals surface area contributed by atoms with Crippen LogP contribution in [0.15, 0.2) is 146 Å². The average Bonchev–Trinajstić information content (AvgIpc) is 3.23. The Morgan fingerprint density at radius 3 is 0.686 bits per heavy atom. The summed E-state index contributed by atoms with van der Waals surface area (Å²) in [5.41, 5.74) is 5.46. The quantitative estimate of drug-likeness (QED) is 0.112. The van der Waals surface area contributed by atoms with Gasteiger partial charge in [-0.25, -0.2) is 0 Å². The number of rotatable bonds is 12. The third-order valence-corrected chi connectivity index (χ3v) is 14.0. The highest BCUT2D eigenvalue weighted by molar-refractivity contribution is 7.50. The number of hydrogen-bond donors (Lipinski definition) is 0. The predicted molar refractivity (Wildman–Crippen MR) is 290 cm³/mol. The van der Waals surface area contributed by atoms with E-state index in [-0.39, 0.29) is 32.5 Å². The third-order valence-electron chi connectivity index (χ3n) is 11.5. The summed E-state index contributed by atoms with van der Waals surface area (Å²) in [6.07, 6.45) is 0. The maximum Gasteiger partial charge on any atom is 0.647 e. The van der Waals surface area contributed by atoms with Crippen molar-refractivity contribution < 1.29 is 36.3 Å². The lowest BCUT2D eigenvalue weighted by atomic mass is 9.80. The van der Waals surface area contributed by atoms with E-state index in [9.17, 15) is 9.13 Å². The first-order chi connectivity index (χ1) is 32.2. The number of phosphoric acid groups is 2. The minimum atomic E-state index is -4.19. The summed E-state index contributed by atoms with van der Waals surface area (Å²) in [6.45, 7) is 38.6. The molecule has 6 aromatic rings. The van der Waals surface area contributed by atoms with E-state index in [0.717, 1.165) is 16.7 Å². The van der Waals surface area contributed by atoms with Crippen LogP contribution in [0.25, 0.3) is 0 Å². The summed E-state index contributed by atoms with van der Waals surface area (Å²) in [7, 11) is -8.23. The molecule has 0 bridgehead atoms. The lowest BCUT2D eigenvalue weighted by molar-refractivity contribution is 0.292. The van der Waals surface area contributed by atoms with Crippen LogP contribution >= 0.6 is 15.6 Å². The first-order valence-electron chi connectivity index (χ1n) is 24.1. The Balaban J connectivity index is 0.000000267. The van der Waals surface area contributed by atoms with Crippen LogP contribution in [-0.4, -0.2) is 0 Å². The molecule has 0 amide bonds. The van der Waals surface area contributed by atoms with Gasteiger partial charge in [0.1, 0.15) is 34.5 Å². The van der Waals surface area contributed by atoms with E-state index in [1.807, 2.05) is 66.7 Å². The average molecular weight is 989 g/mol. The lowest BCUT2D eigenvalue weighted by Crippen LogP contribution is -2.20. The highest BCUT2D eigenvalue weighted by Gasteiger charge is 2.39. The molecule has 10 heteroatoms. The highest BCUT2D eigenvalue weighted by atomic mass is 31.2. The standard InChI is InChI=1S/C34H47O4P.C26H31O4P/c1-31(2,3)24-18-20-29(27(22-24)33(7,8)9)37-39(35,36-26-16-14-13-15-17-26)38-30-21-19-25(32(4,5)6)23-28(30)34(10,11)12;1-25(2,3)20-17-18-24(23(19-20)26(4,5)6)30-31(27,28-21-13-9-7-10-14-21)29-22-15-11-8-12-16-22/h13-23H,1-12H3;7-19H,1-6H3. The van der Waals surface area contributed by atoms with Gasteiger partial charge in [-0.3, -0.25) is 0 Å². The molecular weight excluding hydrogens is 911 g/mol. The zero-order valence-corrected chi connectivity index (χ0v) is 46.8. The van der Waals surface area contributed by atoms with Gasteiger partial charge in [0.15, 0.2) is 0 Å². The Labute approximate surface area is 420 Å². The van der Waals surface area contributed by atoms with Gasteiger partial charge in [0, 0.05) is 16.7 Å². The monoisotopic (exact) mass is 989 g/mol. The van der Waals surface area contributed by atoms with Gasteiger partial charge in [0.2, 0.25) is 0 Å². The highest BCUT2D eigenvalue weighted by Crippen LogP contribution is 2.54. The maximum atomic E-state index is 14.6. The molecule has 70 heavy (non-hydrogen) atoms. The fraction of sp³-hybridized carbons (Fsp3) is 0.400. The molecule has 0 heterocycles. The van der Waals surface area contributed by atoms with Crippen molar-refractivity contribution in [2.75, 3.05) is 0 Å². The van der Waals surface area contributed by atoms with Gasteiger partial charge in [-0.05, 0) is 104 Å². The summed E-state index contributed by atoms with van der Waals surface area (Å²) < 4.78 is 64.7. The predicted octanol–water partition coefficient (Wildman–Crippen LogP) is 18.4. The molecule has 0 aliphatic carbocycles. The van der Waals surface area contributed by atoms with Crippen LogP contribution in [0.2, 0.25) is 0 Å². The van der Waals surface area contributed by atoms with Crippen LogP contribution in [0.3, 0.4) is 0 Å². The smallest absolute Gasteiger partial charge is 0.386 e. The Hall–Kier alpha value is -5.42. The first-order valence-corrected chi connectivity index (χ1v) is 27.1. The van der Waals surface area contributed by atoms with Gasteiger partial charge >= 0.3 is 15.6 Å². The molecule has 6 rings (SSSR count). The van der Waals surface area contributed by atoms with Crippen LogP contribution in [0.4, 0.5) is 0 Å². The Morgan fingerprint density at radius 1 is 0.271 bits per heavy atom. The van der Waals surface area contributed by atoms with E-state index in [1.54, 1.807) is 60.7 Å². The molecule has 0 saturated carbocycles. The summed E-state index contributed by atoms with van der Waals surface area (Å²) in [5, 5.41) is 0. The number of phosphoric ester groups is 2. The van der Waals surface area contributed by atoms with E-state index < -0.39 is 15.6 Å². The second-order valence-corrected chi connectivity index (χ2v) is 26.9. The van der Waals surface area contributed by atoms with Gasteiger partial charge in [0.05, 0.1) is 0 Å². The molecule has 376 valence electrons. The first kappa shape index (κ1) is 55.5. The van der Waals surface area contributed by atoms with Crippen LogP contribution in [0, 0.1) is 0 Å². The van der Waals surface area contributed by atoms with E-state index in [4.69, 9.17) is 27.1 Å². The van der Waals surface area contributed by atoms with Crippen molar-refractivity contribution in [2.24, 2.45) is 0 Å². The van der Waals surface area contributed by atoms with Crippen molar-refractivity contribution in [3.05, 3.63) is 179 Å². The molecule has 0 aliphatic heterocycles. The van der Waals surface area contributed by atoms with Crippen molar-refractivity contribution in [3.63, 3.8) is 0 Å². The largest absolute Gasteiger partial charge is 0.647 e. The second-order valence-electron chi connectivity index (χ2n) is 24.0. The Kier molecular flexibility index (Phi) is 16.7.